The fourth-order valence-corrected chi connectivity index (χ4v) is 2.92. The first-order valence-electron chi connectivity index (χ1n) is 9.43. The number of halogens is 1. The van der Waals surface area contributed by atoms with Crippen LogP contribution in [0.4, 0.5) is 5.69 Å². The van der Waals surface area contributed by atoms with Crippen LogP contribution in [0.5, 0.6) is 5.75 Å². The van der Waals surface area contributed by atoms with Crippen molar-refractivity contribution in [3.63, 3.8) is 0 Å². The van der Waals surface area contributed by atoms with Gasteiger partial charge in [0.1, 0.15) is 5.75 Å². The highest BCUT2D eigenvalue weighted by molar-refractivity contribution is 9.10. The highest BCUT2D eigenvalue weighted by Crippen LogP contribution is 2.25. The first-order chi connectivity index (χ1) is 13.4. The normalized spacial score (nSPS) is 10.4. The highest BCUT2D eigenvalue weighted by atomic mass is 79.9. The van der Waals surface area contributed by atoms with E-state index < -0.39 is 0 Å². The molecule has 0 aliphatic heterocycles. The summed E-state index contributed by atoms with van der Waals surface area (Å²) in [5.74, 6) is 0.457. The SMILES string of the molecule is CCCCOc1ccc(Br)cc1C(=O)Nc1ccc(CCC(=O)N(C)C)cc1. The minimum absolute atomic E-state index is 0.0997. The zero-order chi connectivity index (χ0) is 20.5. The van der Waals surface area contributed by atoms with Crippen molar-refractivity contribution in [2.24, 2.45) is 0 Å². The molecule has 2 aromatic carbocycles. The van der Waals surface area contributed by atoms with Crippen LogP contribution in [-0.2, 0) is 11.2 Å². The summed E-state index contributed by atoms with van der Waals surface area (Å²) in [5, 5.41) is 2.91. The summed E-state index contributed by atoms with van der Waals surface area (Å²) < 4.78 is 6.59. The van der Waals surface area contributed by atoms with Crippen LogP contribution >= 0.6 is 15.9 Å². The summed E-state index contributed by atoms with van der Waals surface area (Å²) in [5.41, 5.74) is 2.25. The zero-order valence-electron chi connectivity index (χ0n) is 16.6. The minimum Gasteiger partial charge on any atom is -0.493 e. The van der Waals surface area contributed by atoms with Gasteiger partial charge >= 0.3 is 0 Å². The van der Waals surface area contributed by atoms with Crippen molar-refractivity contribution in [2.45, 2.75) is 32.6 Å². The van der Waals surface area contributed by atoms with E-state index in [1.807, 2.05) is 30.3 Å². The fourth-order valence-electron chi connectivity index (χ4n) is 2.56. The molecule has 2 rings (SSSR count). The third-order valence-electron chi connectivity index (χ3n) is 4.28. The molecule has 6 heteroatoms. The van der Waals surface area contributed by atoms with Crippen molar-refractivity contribution in [2.75, 3.05) is 26.0 Å². The Balaban J connectivity index is 2.02. The van der Waals surface area contributed by atoms with E-state index in [1.54, 1.807) is 31.1 Å². The predicted octanol–water partition coefficient (Wildman–Crippen LogP) is 4.90. The molecule has 0 atom stereocenters. The number of carbonyl (C=O) groups is 2. The smallest absolute Gasteiger partial charge is 0.259 e. The number of rotatable bonds is 9. The molecule has 0 saturated carbocycles. The Morgan fingerprint density at radius 1 is 1.11 bits per heavy atom. The molecule has 0 heterocycles. The van der Waals surface area contributed by atoms with Gasteiger partial charge in [0.05, 0.1) is 12.2 Å². The van der Waals surface area contributed by atoms with Crippen LogP contribution in [-0.4, -0.2) is 37.4 Å². The average Bonchev–Trinajstić information content (AvgIpc) is 2.68. The van der Waals surface area contributed by atoms with E-state index in [2.05, 4.69) is 28.2 Å². The van der Waals surface area contributed by atoms with Crippen molar-refractivity contribution in [3.8, 4) is 5.75 Å². The lowest BCUT2D eigenvalue weighted by Crippen LogP contribution is -2.21. The van der Waals surface area contributed by atoms with Crippen LogP contribution < -0.4 is 10.1 Å². The van der Waals surface area contributed by atoms with Crippen LogP contribution in [0.15, 0.2) is 46.9 Å². The average molecular weight is 447 g/mol. The number of benzene rings is 2. The molecule has 0 aliphatic rings. The molecule has 0 unspecified atom stereocenters. The molecule has 0 aromatic heterocycles. The lowest BCUT2D eigenvalue weighted by Gasteiger charge is -2.13. The Morgan fingerprint density at radius 3 is 2.46 bits per heavy atom. The van der Waals surface area contributed by atoms with Crippen LogP contribution in [0.3, 0.4) is 0 Å². The number of amides is 2. The Kier molecular flexibility index (Phi) is 8.51. The van der Waals surface area contributed by atoms with Gasteiger partial charge in [0.25, 0.3) is 5.91 Å². The van der Waals surface area contributed by atoms with E-state index in [0.29, 0.717) is 36.4 Å². The standard InChI is InChI=1S/C22H27BrN2O3/c1-4-5-14-28-20-12-9-17(23)15-19(20)22(27)24-18-10-6-16(7-11-18)8-13-21(26)25(2)3/h6-7,9-12,15H,4-5,8,13-14H2,1-3H3,(H,24,27). The predicted molar refractivity (Wildman–Crippen MR) is 116 cm³/mol. The van der Waals surface area contributed by atoms with Crippen LogP contribution in [0, 0.1) is 0 Å². The first-order valence-corrected chi connectivity index (χ1v) is 10.2. The molecule has 28 heavy (non-hydrogen) atoms. The van der Waals surface area contributed by atoms with E-state index in [1.165, 1.54) is 0 Å². The van der Waals surface area contributed by atoms with Gasteiger partial charge in [-0.15, -0.1) is 0 Å². The molecule has 150 valence electrons. The van der Waals surface area contributed by atoms with E-state index in [4.69, 9.17) is 4.74 Å². The maximum Gasteiger partial charge on any atom is 0.259 e. The number of nitrogens with zero attached hydrogens (tertiary/aromatic N) is 1. The summed E-state index contributed by atoms with van der Waals surface area (Å²) in [4.78, 5) is 26.0. The third-order valence-corrected chi connectivity index (χ3v) is 4.77. The molecular weight excluding hydrogens is 420 g/mol. The second-order valence-corrected chi connectivity index (χ2v) is 7.70. The second-order valence-electron chi connectivity index (χ2n) is 6.78. The molecule has 0 bridgehead atoms. The first kappa shape index (κ1) is 22.0. The fraction of sp³-hybridized carbons (Fsp3) is 0.364. The lowest BCUT2D eigenvalue weighted by atomic mass is 10.1. The largest absolute Gasteiger partial charge is 0.493 e. The van der Waals surface area contributed by atoms with Crippen molar-refractivity contribution in [1.29, 1.82) is 0 Å². The van der Waals surface area contributed by atoms with Gasteiger partial charge in [-0.3, -0.25) is 9.59 Å². The quantitative estimate of drug-likeness (QED) is 0.557. The number of unbranched alkanes of at least 4 members (excludes halogenated alkanes) is 1. The van der Waals surface area contributed by atoms with E-state index in [-0.39, 0.29) is 11.8 Å². The van der Waals surface area contributed by atoms with Gasteiger partial charge in [-0.2, -0.15) is 0 Å². The summed E-state index contributed by atoms with van der Waals surface area (Å²) in [6.45, 7) is 2.68. The van der Waals surface area contributed by atoms with Crippen LogP contribution in [0.1, 0.15) is 42.1 Å². The van der Waals surface area contributed by atoms with Gasteiger partial charge < -0.3 is 15.0 Å². The highest BCUT2D eigenvalue weighted by Gasteiger charge is 2.14. The second kappa shape index (κ2) is 10.9. The van der Waals surface area contributed by atoms with Crippen molar-refractivity contribution >= 4 is 33.4 Å². The van der Waals surface area contributed by atoms with Crippen molar-refractivity contribution in [1.82, 2.24) is 4.90 Å². The van der Waals surface area contributed by atoms with E-state index in [0.717, 1.165) is 22.9 Å². The molecule has 2 aromatic rings. The number of anilines is 1. The maximum absolute atomic E-state index is 12.7. The summed E-state index contributed by atoms with van der Waals surface area (Å²) >= 11 is 3.41. The van der Waals surface area contributed by atoms with Gasteiger partial charge in [-0.25, -0.2) is 0 Å². The number of aryl methyl sites for hydroxylation is 1. The Bertz CT molecular complexity index is 804. The molecule has 0 saturated heterocycles. The van der Waals surface area contributed by atoms with Gasteiger partial charge in [0, 0.05) is 30.7 Å². The summed E-state index contributed by atoms with van der Waals surface area (Å²) in [7, 11) is 3.51. The third kappa shape index (κ3) is 6.68. The molecule has 5 nitrogen and oxygen atoms in total. The maximum atomic E-state index is 12.7. The summed E-state index contributed by atoms with van der Waals surface area (Å²) in [6.07, 6.45) is 3.11. The summed E-state index contributed by atoms with van der Waals surface area (Å²) in [6, 6.07) is 13.0. The number of hydrogen-bond acceptors (Lipinski definition) is 3. The lowest BCUT2D eigenvalue weighted by molar-refractivity contribution is -0.128. The van der Waals surface area contributed by atoms with Gasteiger partial charge in [-0.05, 0) is 48.7 Å². The molecule has 2 amide bonds. The molecule has 0 radical (unpaired) electrons. The van der Waals surface area contributed by atoms with Gasteiger partial charge in [-0.1, -0.05) is 41.4 Å². The molecular formula is C22H27BrN2O3. The topological polar surface area (TPSA) is 58.6 Å². The number of ether oxygens (including phenoxy) is 1. The minimum atomic E-state index is -0.219. The molecule has 0 aliphatic carbocycles. The van der Waals surface area contributed by atoms with Gasteiger partial charge in [0.2, 0.25) is 5.91 Å². The monoisotopic (exact) mass is 446 g/mol. The van der Waals surface area contributed by atoms with E-state index >= 15 is 0 Å². The molecule has 1 N–H and O–H groups in total. The number of nitrogens with one attached hydrogen (secondary N) is 1. The zero-order valence-corrected chi connectivity index (χ0v) is 18.2. The Labute approximate surface area is 175 Å². The van der Waals surface area contributed by atoms with Crippen molar-refractivity contribution in [3.05, 3.63) is 58.1 Å². The number of carbonyl (C=O) groups excluding carboxylic acids is 2. The Morgan fingerprint density at radius 2 is 1.82 bits per heavy atom. The van der Waals surface area contributed by atoms with Crippen LogP contribution in [0.25, 0.3) is 0 Å². The van der Waals surface area contributed by atoms with Crippen LogP contribution in [0.2, 0.25) is 0 Å². The van der Waals surface area contributed by atoms with Gasteiger partial charge in [0.15, 0.2) is 0 Å². The Hall–Kier alpha value is -2.34. The molecule has 0 spiro atoms. The molecule has 0 fully saturated rings. The number of hydrogen-bond donors (Lipinski definition) is 1. The van der Waals surface area contributed by atoms with E-state index in [9.17, 15) is 9.59 Å². The van der Waals surface area contributed by atoms with Crippen molar-refractivity contribution < 1.29 is 14.3 Å².